The van der Waals surface area contributed by atoms with Gasteiger partial charge in [-0.3, -0.25) is 10.9 Å². The van der Waals surface area contributed by atoms with Gasteiger partial charge in [0.1, 0.15) is 0 Å². The highest BCUT2D eigenvalue weighted by atomic mass is 32.1. The number of thiophene rings is 1. The van der Waals surface area contributed by atoms with Crippen LogP contribution < -0.4 is 10.9 Å². The fourth-order valence-corrected chi connectivity index (χ4v) is 2.64. The van der Waals surface area contributed by atoms with Gasteiger partial charge in [-0.25, -0.2) is 5.01 Å². The van der Waals surface area contributed by atoms with E-state index in [2.05, 4.69) is 21.0 Å². The highest BCUT2D eigenvalue weighted by Crippen LogP contribution is 2.07. The summed E-state index contributed by atoms with van der Waals surface area (Å²) in [6.45, 7) is 2.10. The van der Waals surface area contributed by atoms with E-state index in [9.17, 15) is 0 Å². The lowest BCUT2D eigenvalue weighted by Gasteiger charge is -2.21. The SMILES string of the molecule is S=C(N/N=C/c1cccs1)NN1CCCCCC1. The smallest absolute Gasteiger partial charge is 0.201 e. The van der Waals surface area contributed by atoms with E-state index in [0.717, 1.165) is 18.0 Å². The fraction of sp³-hybridized carbons (Fsp3) is 0.500. The van der Waals surface area contributed by atoms with E-state index in [1.165, 1.54) is 25.7 Å². The summed E-state index contributed by atoms with van der Waals surface area (Å²) in [7, 11) is 0. The maximum atomic E-state index is 5.20. The second-order valence-corrected chi connectivity index (χ2v) is 5.62. The fourth-order valence-electron chi connectivity index (χ4n) is 1.87. The van der Waals surface area contributed by atoms with Crippen molar-refractivity contribution in [2.45, 2.75) is 25.7 Å². The molecule has 18 heavy (non-hydrogen) atoms. The molecule has 0 aliphatic carbocycles. The van der Waals surface area contributed by atoms with E-state index in [0.29, 0.717) is 5.11 Å². The van der Waals surface area contributed by atoms with Gasteiger partial charge in [0, 0.05) is 18.0 Å². The van der Waals surface area contributed by atoms with Crippen LogP contribution in [0.5, 0.6) is 0 Å². The molecule has 0 unspecified atom stereocenters. The summed E-state index contributed by atoms with van der Waals surface area (Å²) in [5.41, 5.74) is 6.03. The minimum Gasteiger partial charge on any atom is -0.294 e. The number of hydrazone groups is 1. The van der Waals surface area contributed by atoms with Crippen LogP contribution in [0.25, 0.3) is 0 Å². The Kier molecular flexibility index (Phi) is 5.57. The number of nitrogens with zero attached hydrogens (tertiary/aromatic N) is 2. The van der Waals surface area contributed by atoms with Gasteiger partial charge in [-0.05, 0) is 36.5 Å². The van der Waals surface area contributed by atoms with Crippen molar-refractivity contribution in [3.05, 3.63) is 22.4 Å². The maximum absolute atomic E-state index is 5.20. The number of hydrogen-bond acceptors (Lipinski definition) is 4. The summed E-state index contributed by atoms with van der Waals surface area (Å²) in [5, 5.41) is 8.86. The van der Waals surface area contributed by atoms with Crippen LogP contribution in [0.3, 0.4) is 0 Å². The van der Waals surface area contributed by atoms with Crippen LogP contribution in [-0.2, 0) is 0 Å². The summed E-state index contributed by atoms with van der Waals surface area (Å²) in [4.78, 5) is 1.11. The van der Waals surface area contributed by atoms with Gasteiger partial charge in [-0.1, -0.05) is 18.9 Å². The third-order valence-corrected chi connectivity index (χ3v) is 3.76. The zero-order valence-corrected chi connectivity index (χ0v) is 11.9. The van der Waals surface area contributed by atoms with Gasteiger partial charge in [0.25, 0.3) is 0 Å². The van der Waals surface area contributed by atoms with Crippen LogP contribution in [0.4, 0.5) is 0 Å². The van der Waals surface area contributed by atoms with E-state index in [-0.39, 0.29) is 0 Å². The predicted octanol–water partition coefficient (Wildman–Crippen LogP) is 2.34. The van der Waals surface area contributed by atoms with Crippen LogP contribution in [-0.4, -0.2) is 29.4 Å². The minimum atomic E-state index is 0.560. The van der Waals surface area contributed by atoms with Crippen molar-refractivity contribution in [2.75, 3.05) is 13.1 Å². The Labute approximate surface area is 117 Å². The third kappa shape index (κ3) is 4.72. The zero-order valence-electron chi connectivity index (χ0n) is 10.3. The van der Waals surface area contributed by atoms with Gasteiger partial charge in [-0.2, -0.15) is 5.10 Å². The Morgan fingerprint density at radius 3 is 2.78 bits per heavy atom. The number of thiocarbonyl (C=S) groups is 1. The summed E-state index contributed by atoms with van der Waals surface area (Å²) in [6, 6.07) is 4.01. The second-order valence-electron chi connectivity index (χ2n) is 4.23. The van der Waals surface area contributed by atoms with Crippen LogP contribution in [0.1, 0.15) is 30.6 Å². The molecule has 1 aliphatic rings. The number of hydrogen-bond donors (Lipinski definition) is 2. The monoisotopic (exact) mass is 282 g/mol. The molecule has 1 aromatic rings. The molecule has 0 atom stereocenters. The molecular weight excluding hydrogens is 264 g/mol. The molecule has 2 rings (SSSR count). The summed E-state index contributed by atoms with van der Waals surface area (Å²) >= 11 is 6.85. The minimum absolute atomic E-state index is 0.560. The summed E-state index contributed by atoms with van der Waals surface area (Å²) < 4.78 is 0. The standard InChI is InChI=1S/C12H18N4S2/c17-12(14-13-10-11-6-5-9-18-11)15-16-7-3-1-2-4-8-16/h5-6,9-10H,1-4,7-8H2,(H2,14,15,17)/b13-10+. The first-order chi connectivity index (χ1) is 8.84. The average Bonchev–Trinajstić information content (AvgIpc) is 2.74. The quantitative estimate of drug-likeness (QED) is 0.507. The van der Waals surface area contributed by atoms with Gasteiger partial charge >= 0.3 is 0 Å². The lowest BCUT2D eigenvalue weighted by atomic mass is 10.2. The van der Waals surface area contributed by atoms with Crippen molar-refractivity contribution in [1.82, 2.24) is 15.9 Å². The Morgan fingerprint density at radius 1 is 1.33 bits per heavy atom. The van der Waals surface area contributed by atoms with Crippen molar-refractivity contribution in [3.8, 4) is 0 Å². The molecule has 0 spiro atoms. The molecule has 6 heteroatoms. The first kappa shape index (κ1) is 13.5. The highest BCUT2D eigenvalue weighted by molar-refractivity contribution is 7.80. The maximum Gasteiger partial charge on any atom is 0.201 e. The molecule has 1 aliphatic heterocycles. The van der Waals surface area contributed by atoms with E-state index in [1.807, 2.05) is 17.5 Å². The summed E-state index contributed by atoms with van der Waals surface area (Å²) in [5.74, 6) is 0. The average molecular weight is 282 g/mol. The topological polar surface area (TPSA) is 39.7 Å². The van der Waals surface area contributed by atoms with Crippen molar-refractivity contribution >= 4 is 34.9 Å². The molecule has 2 heterocycles. The van der Waals surface area contributed by atoms with Gasteiger partial charge in [0.15, 0.2) is 0 Å². The Morgan fingerprint density at radius 2 is 2.11 bits per heavy atom. The molecule has 0 aromatic carbocycles. The number of nitrogens with one attached hydrogen (secondary N) is 2. The van der Waals surface area contributed by atoms with Gasteiger partial charge < -0.3 is 0 Å². The van der Waals surface area contributed by atoms with Gasteiger partial charge in [0.2, 0.25) is 5.11 Å². The lowest BCUT2D eigenvalue weighted by Crippen LogP contribution is -2.46. The molecule has 1 saturated heterocycles. The van der Waals surface area contributed by atoms with Crippen molar-refractivity contribution in [3.63, 3.8) is 0 Å². The van der Waals surface area contributed by atoms with Crippen molar-refractivity contribution < 1.29 is 0 Å². The van der Waals surface area contributed by atoms with E-state index in [4.69, 9.17) is 12.2 Å². The van der Waals surface area contributed by atoms with Crippen molar-refractivity contribution in [2.24, 2.45) is 5.10 Å². The predicted molar refractivity (Wildman–Crippen MR) is 80.8 cm³/mol. The molecule has 0 saturated carbocycles. The highest BCUT2D eigenvalue weighted by Gasteiger charge is 2.09. The molecule has 2 N–H and O–H groups in total. The van der Waals surface area contributed by atoms with E-state index >= 15 is 0 Å². The molecule has 0 bridgehead atoms. The van der Waals surface area contributed by atoms with Crippen LogP contribution in [0.2, 0.25) is 0 Å². The van der Waals surface area contributed by atoms with Crippen molar-refractivity contribution in [1.29, 1.82) is 0 Å². The molecule has 1 fully saturated rings. The van der Waals surface area contributed by atoms with Crippen LogP contribution in [0, 0.1) is 0 Å². The largest absolute Gasteiger partial charge is 0.294 e. The molecule has 0 radical (unpaired) electrons. The molecule has 4 nitrogen and oxygen atoms in total. The van der Waals surface area contributed by atoms with E-state index < -0.39 is 0 Å². The molecule has 0 amide bonds. The Hall–Kier alpha value is -0.980. The zero-order chi connectivity index (χ0) is 12.6. The molecule has 98 valence electrons. The first-order valence-corrected chi connectivity index (χ1v) is 7.51. The van der Waals surface area contributed by atoms with Crippen LogP contribution >= 0.6 is 23.6 Å². The number of hydrazine groups is 1. The van der Waals surface area contributed by atoms with Gasteiger partial charge in [0.05, 0.1) is 6.21 Å². The Bertz CT molecular complexity index is 381. The first-order valence-electron chi connectivity index (χ1n) is 6.23. The third-order valence-electron chi connectivity index (χ3n) is 2.77. The number of rotatable bonds is 3. The molecular formula is C12H18N4S2. The normalized spacial score (nSPS) is 17.6. The van der Waals surface area contributed by atoms with E-state index in [1.54, 1.807) is 17.6 Å². The second kappa shape index (κ2) is 7.45. The van der Waals surface area contributed by atoms with Crippen LogP contribution in [0.15, 0.2) is 22.6 Å². The summed E-state index contributed by atoms with van der Waals surface area (Å²) in [6.07, 6.45) is 6.87. The lowest BCUT2D eigenvalue weighted by molar-refractivity contribution is 0.244. The van der Waals surface area contributed by atoms with Gasteiger partial charge in [-0.15, -0.1) is 11.3 Å². The molecule has 1 aromatic heterocycles. The Balaban J connectivity index is 1.71.